The van der Waals surface area contributed by atoms with Gasteiger partial charge in [0.2, 0.25) is 0 Å². The minimum atomic E-state index is -0.559. The third kappa shape index (κ3) is 2.56. The molecule has 0 radical (unpaired) electrons. The number of halogens is 2. The van der Waals surface area contributed by atoms with Crippen molar-refractivity contribution in [2.24, 2.45) is 0 Å². The summed E-state index contributed by atoms with van der Waals surface area (Å²) in [5, 5.41) is 3.86. The summed E-state index contributed by atoms with van der Waals surface area (Å²) in [6, 6.07) is 7.62. The molecule has 2 rings (SSSR count). The fourth-order valence-electron chi connectivity index (χ4n) is 2.52. The first kappa shape index (κ1) is 14.7. The van der Waals surface area contributed by atoms with Crippen LogP contribution in [0.25, 0.3) is 0 Å². The van der Waals surface area contributed by atoms with E-state index in [9.17, 15) is 4.79 Å². The Balaban J connectivity index is 0.00000144. The smallest absolute Gasteiger partial charge is 0.157 e. The summed E-state index contributed by atoms with van der Waals surface area (Å²) in [5.41, 5.74) is 0.361. The van der Waals surface area contributed by atoms with Gasteiger partial charge in [0.1, 0.15) is 5.54 Å². The molecule has 1 aromatic rings. The van der Waals surface area contributed by atoms with Gasteiger partial charge in [-0.25, -0.2) is 0 Å². The van der Waals surface area contributed by atoms with Crippen LogP contribution in [0, 0.1) is 0 Å². The summed E-state index contributed by atoms with van der Waals surface area (Å²) in [5.74, 6) is 0.259. The number of rotatable bonds is 2. The van der Waals surface area contributed by atoms with E-state index in [1.165, 1.54) is 0 Å². The molecule has 94 valence electrons. The molecule has 2 nitrogen and oxygen atoms in total. The van der Waals surface area contributed by atoms with Gasteiger partial charge in [0.25, 0.3) is 0 Å². The van der Waals surface area contributed by atoms with E-state index in [0.717, 1.165) is 24.8 Å². The standard InChI is InChI=1S/C13H16ClNO.BrH/c1-15-13(9-5-4-8-12(13)16)10-6-2-3-7-11(10)14;/h2-3,6-7,15H,4-5,8-9H2,1H3;1H. The number of carbonyl (C=O) groups excluding carboxylic acids is 1. The highest BCUT2D eigenvalue weighted by molar-refractivity contribution is 8.93. The van der Waals surface area contributed by atoms with E-state index in [4.69, 9.17) is 11.6 Å². The van der Waals surface area contributed by atoms with E-state index in [1.807, 2.05) is 31.3 Å². The highest BCUT2D eigenvalue weighted by Crippen LogP contribution is 2.37. The molecule has 0 saturated heterocycles. The largest absolute Gasteiger partial charge is 0.304 e. The monoisotopic (exact) mass is 317 g/mol. The lowest BCUT2D eigenvalue weighted by molar-refractivity contribution is -0.127. The summed E-state index contributed by atoms with van der Waals surface area (Å²) < 4.78 is 0. The molecule has 0 bridgehead atoms. The summed E-state index contributed by atoms with van der Waals surface area (Å²) in [4.78, 5) is 12.2. The Bertz CT molecular complexity index is 410. The normalized spacial score (nSPS) is 24.2. The maximum absolute atomic E-state index is 12.2. The molecule has 1 aromatic carbocycles. The van der Waals surface area contributed by atoms with Crippen LogP contribution < -0.4 is 5.32 Å². The minimum absolute atomic E-state index is 0. The number of hydrogen-bond donors (Lipinski definition) is 1. The van der Waals surface area contributed by atoms with Gasteiger partial charge in [-0.1, -0.05) is 36.2 Å². The van der Waals surface area contributed by atoms with Crippen LogP contribution in [0.3, 0.4) is 0 Å². The van der Waals surface area contributed by atoms with Crippen molar-refractivity contribution in [3.05, 3.63) is 34.9 Å². The van der Waals surface area contributed by atoms with Crippen molar-refractivity contribution in [1.29, 1.82) is 0 Å². The van der Waals surface area contributed by atoms with Gasteiger partial charge in [0.15, 0.2) is 5.78 Å². The highest BCUT2D eigenvalue weighted by Gasteiger charge is 2.40. The van der Waals surface area contributed by atoms with Crippen molar-refractivity contribution >= 4 is 34.4 Å². The second-order valence-corrected chi connectivity index (χ2v) is 4.67. The molecule has 1 N–H and O–H groups in total. The van der Waals surface area contributed by atoms with Crippen molar-refractivity contribution in [1.82, 2.24) is 5.32 Å². The fraction of sp³-hybridized carbons (Fsp3) is 0.462. The molecule has 1 saturated carbocycles. The number of benzene rings is 1. The zero-order valence-electron chi connectivity index (χ0n) is 9.83. The molecule has 1 aliphatic rings. The predicted molar refractivity (Wildman–Crippen MR) is 76.0 cm³/mol. The van der Waals surface area contributed by atoms with Crippen LogP contribution in [0.15, 0.2) is 24.3 Å². The van der Waals surface area contributed by atoms with Crippen LogP contribution >= 0.6 is 28.6 Å². The number of ketones is 1. The van der Waals surface area contributed by atoms with Crippen molar-refractivity contribution in [3.63, 3.8) is 0 Å². The van der Waals surface area contributed by atoms with E-state index in [-0.39, 0.29) is 22.8 Å². The van der Waals surface area contributed by atoms with Crippen LogP contribution in [0.1, 0.15) is 31.2 Å². The van der Waals surface area contributed by atoms with Crippen molar-refractivity contribution in [2.45, 2.75) is 31.2 Å². The second-order valence-electron chi connectivity index (χ2n) is 4.27. The van der Waals surface area contributed by atoms with Gasteiger partial charge < -0.3 is 5.32 Å². The average Bonchev–Trinajstić information content (AvgIpc) is 2.31. The predicted octanol–water partition coefficient (Wildman–Crippen LogP) is 3.48. The summed E-state index contributed by atoms with van der Waals surface area (Å²) in [7, 11) is 1.84. The molecule has 0 spiro atoms. The molecule has 1 aliphatic carbocycles. The van der Waals surface area contributed by atoms with Crippen LogP contribution in [0.4, 0.5) is 0 Å². The molecule has 0 amide bonds. The molecule has 17 heavy (non-hydrogen) atoms. The van der Waals surface area contributed by atoms with E-state index in [0.29, 0.717) is 11.4 Å². The topological polar surface area (TPSA) is 29.1 Å². The Kier molecular flexibility index (Phi) is 5.17. The quantitative estimate of drug-likeness (QED) is 0.904. The summed E-state index contributed by atoms with van der Waals surface area (Å²) in [6.07, 6.45) is 3.54. The van der Waals surface area contributed by atoms with Gasteiger partial charge in [-0.05, 0) is 31.5 Å². The highest BCUT2D eigenvalue weighted by atomic mass is 79.9. The van der Waals surface area contributed by atoms with Crippen molar-refractivity contribution < 1.29 is 4.79 Å². The molecule has 1 fully saturated rings. The summed E-state index contributed by atoms with van der Waals surface area (Å²) in [6.45, 7) is 0. The van der Waals surface area contributed by atoms with Crippen LogP contribution in [0.2, 0.25) is 5.02 Å². The van der Waals surface area contributed by atoms with Gasteiger partial charge in [-0.3, -0.25) is 4.79 Å². The Morgan fingerprint density at radius 1 is 1.29 bits per heavy atom. The lowest BCUT2D eigenvalue weighted by Crippen LogP contribution is -2.49. The molecule has 4 heteroatoms. The van der Waals surface area contributed by atoms with Crippen molar-refractivity contribution in [2.75, 3.05) is 7.05 Å². The second kappa shape index (κ2) is 5.98. The number of hydrogen-bond acceptors (Lipinski definition) is 2. The molecule has 1 unspecified atom stereocenters. The van der Waals surface area contributed by atoms with E-state index in [1.54, 1.807) is 0 Å². The molecular formula is C13H17BrClNO. The zero-order valence-corrected chi connectivity index (χ0v) is 12.3. The zero-order chi connectivity index (χ0) is 11.6. The maximum Gasteiger partial charge on any atom is 0.157 e. The first-order chi connectivity index (χ1) is 7.70. The van der Waals surface area contributed by atoms with Crippen LogP contribution in [0.5, 0.6) is 0 Å². The number of carbonyl (C=O) groups is 1. The van der Waals surface area contributed by atoms with Gasteiger partial charge in [-0.15, -0.1) is 17.0 Å². The Hall–Kier alpha value is -0.380. The van der Waals surface area contributed by atoms with Crippen molar-refractivity contribution in [3.8, 4) is 0 Å². The Morgan fingerprint density at radius 2 is 2.00 bits per heavy atom. The number of nitrogens with one attached hydrogen (secondary N) is 1. The van der Waals surface area contributed by atoms with Crippen LogP contribution in [-0.2, 0) is 10.3 Å². The molecule has 0 aromatic heterocycles. The van der Waals surface area contributed by atoms with E-state index < -0.39 is 5.54 Å². The fourth-order valence-corrected chi connectivity index (χ4v) is 2.82. The molecular weight excluding hydrogens is 302 g/mol. The summed E-state index contributed by atoms with van der Waals surface area (Å²) >= 11 is 6.20. The molecule has 1 atom stereocenters. The molecule has 0 heterocycles. The third-order valence-corrected chi connectivity index (χ3v) is 3.77. The van der Waals surface area contributed by atoms with E-state index in [2.05, 4.69) is 5.32 Å². The average molecular weight is 319 g/mol. The number of Topliss-reactive ketones (excluding diaryl/α,β-unsaturated/α-hetero) is 1. The number of likely N-dealkylation sites (N-methyl/N-ethyl adjacent to an activating group) is 1. The Morgan fingerprint density at radius 3 is 2.59 bits per heavy atom. The third-order valence-electron chi connectivity index (χ3n) is 3.44. The van der Waals surface area contributed by atoms with Gasteiger partial charge >= 0.3 is 0 Å². The SMILES string of the molecule is Br.CNC1(c2ccccc2Cl)CCCCC1=O. The lowest BCUT2D eigenvalue weighted by Gasteiger charge is -2.36. The van der Waals surface area contributed by atoms with Gasteiger partial charge in [-0.2, -0.15) is 0 Å². The first-order valence-electron chi connectivity index (χ1n) is 5.68. The minimum Gasteiger partial charge on any atom is -0.304 e. The molecule has 0 aliphatic heterocycles. The van der Waals surface area contributed by atoms with E-state index >= 15 is 0 Å². The van der Waals surface area contributed by atoms with Crippen LogP contribution in [-0.4, -0.2) is 12.8 Å². The van der Waals surface area contributed by atoms with Gasteiger partial charge in [0.05, 0.1) is 0 Å². The Labute approximate surface area is 118 Å². The first-order valence-corrected chi connectivity index (χ1v) is 6.06. The van der Waals surface area contributed by atoms with Gasteiger partial charge in [0, 0.05) is 11.4 Å². The maximum atomic E-state index is 12.2. The lowest BCUT2D eigenvalue weighted by atomic mass is 9.75.